The van der Waals surface area contributed by atoms with Crippen LogP contribution in [0.15, 0.2) is 59.9 Å². The summed E-state index contributed by atoms with van der Waals surface area (Å²) in [5, 5.41) is 0. The Morgan fingerprint density at radius 3 is 2.46 bits per heavy atom. The number of carbonyl (C=O) groups is 1. The third-order valence-electron chi connectivity index (χ3n) is 3.87. The van der Waals surface area contributed by atoms with Gasteiger partial charge in [-0.25, -0.2) is 0 Å². The lowest BCUT2D eigenvalue weighted by molar-refractivity contribution is 0.101. The highest BCUT2D eigenvalue weighted by atomic mass is 16.5. The van der Waals surface area contributed by atoms with Crippen LogP contribution in [-0.4, -0.2) is 19.0 Å². The molecular weight excluding hydrogens is 328 g/mol. The lowest BCUT2D eigenvalue weighted by Crippen LogP contribution is -1.98. The molecule has 0 aliphatic carbocycles. The number of Topliss-reactive ketones (excluding diaryl/α,β-unsaturated/α-hetero) is 1. The second-order valence-corrected chi connectivity index (χ2v) is 6.19. The number of carbonyl (C=O) groups excluding carboxylic acids is 1. The topological polar surface area (TPSA) is 44.8 Å². The second-order valence-electron chi connectivity index (χ2n) is 6.19. The molecule has 0 bridgehead atoms. The Morgan fingerprint density at radius 2 is 1.77 bits per heavy atom. The number of benzene rings is 2. The molecule has 0 saturated carbocycles. The van der Waals surface area contributed by atoms with E-state index < -0.39 is 0 Å². The minimum atomic E-state index is -0.121. The molecule has 4 nitrogen and oxygen atoms in total. The van der Waals surface area contributed by atoms with Crippen molar-refractivity contribution in [3.63, 3.8) is 0 Å². The maximum Gasteiger partial charge on any atom is 0.231 e. The molecule has 0 atom stereocenters. The van der Waals surface area contributed by atoms with Crippen molar-refractivity contribution in [1.29, 1.82) is 0 Å². The fourth-order valence-electron chi connectivity index (χ4n) is 2.54. The van der Waals surface area contributed by atoms with E-state index in [4.69, 9.17) is 14.2 Å². The number of hydrogen-bond acceptors (Lipinski definition) is 4. The van der Waals surface area contributed by atoms with Gasteiger partial charge in [-0.2, -0.15) is 0 Å². The number of rotatable bonds is 6. The summed E-state index contributed by atoms with van der Waals surface area (Å²) in [5.41, 5.74) is 2.62. The van der Waals surface area contributed by atoms with Gasteiger partial charge >= 0.3 is 0 Å². The lowest BCUT2D eigenvalue weighted by atomic mass is 10.1. The molecule has 4 heteroatoms. The number of ether oxygens (including phenoxy) is 3. The Labute approximate surface area is 153 Å². The van der Waals surface area contributed by atoms with Crippen LogP contribution >= 0.6 is 0 Å². The van der Waals surface area contributed by atoms with E-state index in [2.05, 4.69) is 0 Å². The normalized spacial score (nSPS) is 14.0. The van der Waals surface area contributed by atoms with Gasteiger partial charge in [0.05, 0.1) is 12.2 Å². The smallest absolute Gasteiger partial charge is 0.231 e. The van der Waals surface area contributed by atoms with Crippen LogP contribution in [-0.2, 0) is 0 Å². The first kappa shape index (κ1) is 17.8. The summed E-state index contributed by atoms with van der Waals surface area (Å²) in [4.78, 5) is 12.5. The van der Waals surface area contributed by atoms with Gasteiger partial charge < -0.3 is 14.2 Å². The van der Waals surface area contributed by atoms with Gasteiger partial charge in [-0.15, -0.1) is 0 Å². The van der Waals surface area contributed by atoms with E-state index in [0.717, 1.165) is 11.3 Å². The van der Waals surface area contributed by atoms with Crippen LogP contribution in [0.1, 0.15) is 36.7 Å². The van der Waals surface area contributed by atoms with Crippen molar-refractivity contribution in [2.24, 2.45) is 0 Å². The van der Waals surface area contributed by atoms with Crippen molar-refractivity contribution in [1.82, 2.24) is 0 Å². The Kier molecular flexibility index (Phi) is 5.42. The number of fused-ring (bicyclic) bond motifs is 1. The van der Waals surface area contributed by atoms with E-state index in [1.54, 1.807) is 24.3 Å². The third kappa shape index (κ3) is 4.14. The molecule has 1 aliphatic heterocycles. The molecule has 0 radical (unpaired) electrons. The average Bonchev–Trinajstić information content (AvgIpc) is 2.92. The standard InChI is InChI=1S/C22H22O4/c1-4-24-17-7-5-16(6-8-17)13-21-22(23)19-10-9-18(14-20(19)26-21)25-12-11-15(2)3/h5-11,13-14H,4,12H2,1-3H3. The van der Waals surface area contributed by atoms with Gasteiger partial charge in [0.25, 0.3) is 0 Å². The molecule has 1 heterocycles. The fraction of sp³-hybridized carbons (Fsp3) is 0.227. The second kappa shape index (κ2) is 7.91. The molecule has 3 rings (SSSR count). The van der Waals surface area contributed by atoms with Crippen molar-refractivity contribution in [3.8, 4) is 17.2 Å². The van der Waals surface area contributed by atoms with E-state index in [0.29, 0.717) is 36.0 Å². The fourth-order valence-corrected chi connectivity index (χ4v) is 2.54. The largest absolute Gasteiger partial charge is 0.494 e. The van der Waals surface area contributed by atoms with Crippen LogP contribution in [0, 0.1) is 0 Å². The zero-order valence-electron chi connectivity index (χ0n) is 15.2. The van der Waals surface area contributed by atoms with Gasteiger partial charge in [0.2, 0.25) is 5.78 Å². The van der Waals surface area contributed by atoms with Gasteiger partial charge in [0.15, 0.2) is 5.76 Å². The summed E-state index contributed by atoms with van der Waals surface area (Å²) in [7, 11) is 0. The summed E-state index contributed by atoms with van der Waals surface area (Å²) in [6.45, 7) is 7.09. The van der Waals surface area contributed by atoms with Crippen molar-refractivity contribution in [2.75, 3.05) is 13.2 Å². The van der Waals surface area contributed by atoms with Crippen molar-refractivity contribution in [2.45, 2.75) is 20.8 Å². The molecule has 0 spiro atoms. The van der Waals surface area contributed by atoms with E-state index in [9.17, 15) is 4.79 Å². The van der Waals surface area contributed by atoms with Crippen LogP contribution in [0.2, 0.25) is 0 Å². The molecular formula is C22H22O4. The number of allylic oxidation sites excluding steroid dienone is 2. The highest BCUT2D eigenvalue weighted by Crippen LogP contribution is 2.35. The lowest BCUT2D eigenvalue weighted by Gasteiger charge is -2.05. The van der Waals surface area contributed by atoms with E-state index in [-0.39, 0.29) is 5.78 Å². The zero-order valence-corrected chi connectivity index (χ0v) is 15.2. The molecule has 0 N–H and O–H groups in total. The van der Waals surface area contributed by atoms with E-state index in [1.165, 1.54) is 5.57 Å². The van der Waals surface area contributed by atoms with Crippen molar-refractivity contribution in [3.05, 3.63) is 71.0 Å². The maximum absolute atomic E-state index is 12.5. The van der Waals surface area contributed by atoms with E-state index in [1.807, 2.05) is 51.1 Å². The first-order chi connectivity index (χ1) is 12.6. The summed E-state index contributed by atoms with van der Waals surface area (Å²) in [5.74, 6) is 2.20. The monoisotopic (exact) mass is 350 g/mol. The first-order valence-corrected chi connectivity index (χ1v) is 8.64. The van der Waals surface area contributed by atoms with Crippen LogP contribution < -0.4 is 14.2 Å². The first-order valence-electron chi connectivity index (χ1n) is 8.64. The van der Waals surface area contributed by atoms with Gasteiger partial charge in [0, 0.05) is 6.07 Å². The Morgan fingerprint density at radius 1 is 1.04 bits per heavy atom. The minimum absolute atomic E-state index is 0.121. The molecule has 2 aromatic rings. The molecule has 134 valence electrons. The molecule has 26 heavy (non-hydrogen) atoms. The minimum Gasteiger partial charge on any atom is -0.494 e. The Hall–Kier alpha value is -3.01. The van der Waals surface area contributed by atoms with Crippen LogP contribution in [0.5, 0.6) is 17.2 Å². The van der Waals surface area contributed by atoms with Crippen LogP contribution in [0.3, 0.4) is 0 Å². The molecule has 0 unspecified atom stereocenters. The van der Waals surface area contributed by atoms with Gasteiger partial charge in [-0.3, -0.25) is 4.79 Å². The quantitative estimate of drug-likeness (QED) is 0.540. The summed E-state index contributed by atoms with van der Waals surface area (Å²) < 4.78 is 16.8. The summed E-state index contributed by atoms with van der Waals surface area (Å²) in [6, 6.07) is 12.8. The highest BCUT2D eigenvalue weighted by Gasteiger charge is 2.27. The van der Waals surface area contributed by atoms with E-state index >= 15 is 0 Å². The van der Waals surface area contributed by atoms with Crippen LogP contribution in [0.4, 0.5) is 0 Å². The number of hydrogen-bond donors (Lipinski definition) is 0. The predicted octanol–water partition coefficient (Wildman–Crippen LogP) is 5.05. The molecule has 0 aromatic heterocycles. The molecule has 0 fully saturated rings. The van der Waals surface area contributed by atoms with Crippen molar-refractivity contribution < 1.29 is 19.0 Å². The van der Waals surface area contributed by atoms with Gasteiger partial charge in [0.1, 0.15) is 23.9 Å². The highest BCUT2D eigenvalue weighted by molar-refractivity contribution is 6.14. The third-order valence-corrected chi connectivity index (χ3v) is 3.87. The van der Waals surface area contributed by atoms with Crippen LogP contribution in [0.25, 0.3) is 6.08 Å². The summed E-state index contributed by atoms with van der Waals surface area (Å²) >= 11 is 0. The zero-order chi connectivity index (χ0) is 18.5. The molecule has 0 amide bonds. The van der Waals surface area contributed by atoms with Crippen molar-refractivity contribution >= 4 is 11.9 Å². The SMILES string of the molecule is CCOc1ccc(C=C2Oc3cc(OCC=C(C)C)ccc3C2=O)cc1. The maximum atomic E-state index is 12.5. The summed E-state index contributed by atoms with van der Waals surface area (Å²) in [6.07, 6.45) is 3.73. The molecule has 2 aromatic carbocycles. The average molecular weight is 350 g/mol. The Balaban J connectivity index is 1.75. The number of ketones is 1. The molecule has 1 aliphatic rings. The van der Waals surface area contributed by atoms with Gasteiger partial charge in [-0.05, 0) is 62.8 Å². The predicted molar refractivity (Wildman–Crippen MR) is 102 cm³/mol. The van der Waals surface area contributed by atoms with Gasteiger partial charge in [-0.1, -0.05) is 17.7 Å². The molecule has 0 saturated heterocycles. The Bertz CT molecular complexity index is 856.